The molecule has 3 aromatic rings. The van der Waals surface area contributed by atoms with Crippen molar-refractivity contribution in [2.75, 3.05) is 0 Å². The van der Waals surface area contributed by atoms with Crippen LogP contribution in [0, 0.1) is 0 Å². The van der Waals surface area contributed by atoms with E-state index in [1.165, 1.54) is 15.9 Å². The van der Waals surface area contributed by atoms with E-state index in [2.05, 4.69) is 10.1 Å². The van der Waals surface area contributed by atoms with Crippen molar-refractivity contribution in [1.82, 2.24) is 14.6 Å². The first-order valence-corrected chi connectivity index (χ1v) is 4.95. The molecule has 0 unspecified atom stereocenters. The van der Waals surface area contributed by atoms with Crippen molar-refractivity contribution in [2.45, 2.75) is 0 Å². The molecule has 2 heterocycles. The molecule has 0 spiro atoms. The van der Waals surface area contributed by atoms with E-state index in [-0.39, 0.29) is 5.56 Å². The Balaban J connectivity index is 2.70. The van der Waals surface area contributed by atoms with E-state index in [9.17, 15) is 4.79 Å². The zero-order valence-corrected chi connectivity index (χ0v) is 7.86. The summed E-state index contributed by atoms with van der Waals surface area (Å²) in [5.41, 5.74) is 2.23. The Morgan fingerprint density at radius 2 is 2.14 bits per heavy atom. The minimum Gasteiger partial charge on any atom is -0.267 e. The van der Waals surface area contributed by atoms with Gasteiger partial charge in [-0.3, -0.25) is 4.79 Å². The highest BCUT2D eigenvalue weighted by Gasteiger charge is 2.05. The summed E-state index contributed by atoms with van der Waals surface area (Å²) in [4.78, 5) is 16.8. The van der Waals surface area contributed by atoms with Crippen molar-refractivity contribution >= 4 is 27.2 Å². The number of fused-ring (bicyclic) bond motifs is 2. The molecule has 0 aliphatic carbocycles. The minimum absolute atomic E-state index is 0.105. The van der Waals surface area contributed by atoms with Gasteiger partial charge in [0.1, 0.15) is 5.51 Å². The zero-order valence-electron chi connectivity index (χ0n) is 7.04. The highest BCUT2D eigenvalue weighted by Crippen LogP contribution is 2.10. The second kappa shape index (κ2) is 2.62. The number of hydrogen-bond acceptors (Lipinski definition) is 4. The van der Waals surface area contributed by atoms with Crippen molar-refractivity contribution in [3.05, 3.63) is 40.1 Å². The van der Waals surface area contributed by atoms with E-state index in [1.807, 2.05) is 18.2 Å². The Bertz CT molecular complexity index is 670. The lowest BCUT2D eigenvalue weighted by atomic mass is 10.2. The number of para-hydroxylation sites is 1. The first kappa shape index (κ1) is 7.64. The molecule has 0 bridgehead atoms. The predicted molar refractivity (Wildman–Crippen MR) is 54.6 cm³/mol. The first-order valence-electron chi connectivity index (χ1n) is 4.07. The first-order chi connectivity index (χ1) is 6.86. The number of benzene rings is 1. The lowest BCUT2D eigenvalue weighted by molar-refractivity contribution is 0.916. The molecule has 68 valence electrons. The van der Waals surface area contributed by atoms with Crippen LogP contribution < -0.4 is 5.56 Å². The van der Waals surface area contributed by atoms with Crippen LogP contribution in [0.1, 0.15) is 0 Å². The van der Waals surface area contributed by atoms with Gasteiger partial charge in [-0.15, -0.1) is 0 Å². The maximum Gasteiger partial charge on any atom is 0.283 e. The topological polar surface area (TPSA) is 47.3 Å². The number of nitrogens with zero attached hydrogens (tertiary/aromatic N) is 3. The Morgan fingerprint density at radius 3 is 3.07 bits per heavy atom. The smallest absolute Gasteiger partial charge is 0.267 e. The molecule has 14 heavy (non-hydrogen) atoms. The Labute approximate surface area is 82.5 Å². The van der Waals surface area contributed by atoms with Crippen LogP contribution in [0.25, 0.3) is 15.9 Å². The lowest BCUT2D eigenvalue weighted by Crippen LogP contribution is -2.14. The minimum atomic E-state index is -0.105. The van der Waals surface area contributed by atoms with E-state index in [4.69, 9.17) is 0 Å². The third-order valence-corrected chi connectivity index (χ3v) is 2.72. The van der Waals surface area contributed by atoms with Gasteiger partial charge in [0.25, 0.3) is 5.56 Å². The van der Waals surface area contributed by atoms with Crippen LogP contribution in [0.15, 0.2) is 34.6 Å². The number of aromatic nitrogens is 3. The molecule has 0 fully saturated rings. The van der Waals surface area contributed by atoms with Gasteiger partial charge in [-0.05, 0) is 12.1 Å². The SMILES string of the molecule is O=c1c2ccccc2nc2scnn12. The van der Waals surface area contributed by atoms with Crippen molar-refractivity contribution in [2.24, 2.45) is 0 Å². The molecule has 0 atom stereocenters. The van der Waals surface area contributed by atoms with Gasteiger partial charge in [0.15, 0.2) is 0 Å². The Kier molecular flexibility index (Phi) is 1.43. The zero-order chi connectivity index (χ0) is 9.54. The lowest BCUT2D eigenvalue weighted by Gasteiger charge is -1.95. The van der Waals surface area contributed by atoms with Gasteiger partial charge in [-0.2, -0.15) is 9.61 Å². The van der Waals surface area contributed by atoms with Gasteiger partial charge >= 0.3 is 0 Å². The maximum atomic E-state index is 11.8. The van der Waals surface area contributed by atoms with Gasteiger partial charge in [0, 0.05) is 0 Å². The molecule has 0 radical (unpaired) electrons. The molecule has 0 aliphatic heterocycles. The third kappa shape index (κ3) is 0.898. The molecule has 0 saturated carbocycles. The Hall–Kier alpha value is -1.75. The van der Waals surface area contributed by atoms with Crippen molar-refractivity contribution in [1.29, 1.82) is 0 Å². The van der Waals surface area contributed by atoms with Crippen LogP contribution in [0.4, 0.5) is 0 Å². The molecule has 0 N–H and O–H groups in total. The highest BCUT2D eigenvalue weighted by molar-refractivity contribution is 7.14. The molecule has 0 aliphatic rings. The van der Waals surface area contributed by atoms with Crippen molar-refractivity contribution < 1.29 is 0 Å². The molecule has 0 saturated heterocycles. The van der Waals surface area contributed by atoms with Crippen molar-refractivity contribution in [3.63, 3.8) is 0 Å². The van der Waals surface area contributed by atoms with Gasteiger partial charge in [-0.1, -0.05) is 23.5 Å². The maximum absolute atomic E-state index is 11.8. The molecule has 2 aromatic heterocycles. The van der Waals surface area contributed by atoms with Crippen LogP contribution in [0.2, 0.25) is 0 Å². The summed E-state index contributed by atoms with van der Waals surface area (Å²) in [6, 6.07) is 7.28. The molecule has 3 rings (SSSR count). The Morgan fingerprint density at radius 1 is 1.29 bits per heavy atom. The summed E-state index contributed by atoms with van der Waals surface area (Å²) in [6.45, 7) is 0. The number of hydrogen-bond donors (Lipinski definition) is 0. The van der Waals surface area contributed by atoms with Crippen molar-refractivity contribution in [3.8, 4) is 0 Å². The summed E-state index contributed by atoms with van der Waals surface area (Å²) >= 11 is 1.36. The summed E-state index contributed by atoms with van der Waals surface area (Å²) < 4.78 is 1.33. The highest BCUT2D eigenvalue weighted by atomic mass is 32.1. The third-order valence-electron chi connectivity index (χ3n) is 2.04. The van der Waals surface area contributed by atoms with E-state index in [0.29, 0.717) is 10.3 Å². The van der Waals surface area contributed by atoms with Crippen LogP contribution >= 0.6 is 11.3 Å². The van der Waals surface area contributed by atoms with Gasteiger partial charge in [0.2, 0.25) is 4.96 Å². The summed E-state index contributed by atoms with van der Waals surface area (Å²) in [6.07, 6.45) is 0. The molecular formula is C9H5N3OS. The fourth-order valence-corrected chi connectivity index (χ4v) is 2.02. The average molecular weight is 203 g/mol. The quantitative estimate of drug-likeness (QED) is 0.553. The van der Waals surface area contributed by atoms with E-state index < -0.39 is 0 Å². The largest absolute Gasteiger partial charge is 0.283 e. The van der Waals surface area contributed by atoms with Crippen LogP contribution in [-0.4, -0.2) is 14.6 Å². The second-order valence-electron chi connectivity index (χ2n) is 2.87. The molecule has 5 heteroatoms. The van der Waals surface area contributed by atoms with Crippen LogP contribution in [-0.2, 0) is 0 Å². The molecule has 1 aromatic carbocycles. The summed E-state index contributed by atoms with van der Waals surface area (Å²) in [5.74, 6) is 0. The monoisotopic (exact) mass is 203 g/mol. The second-order valence-corrected chi connectivity index (χ2v) is 3.68. The fraction of sp³-hybridized carbons (Fsp3) is 0. The summed E-state index contributed by atoms with van der Waals surface area (Å²) in [5, 5.41) is 4.54. The van der Waals surface area contributed by atoms with E-state index in [0.717, 1.165) is 5.52 Å². The van der Waals surface area contributed by atoms with Crippen LogP contribution in [0.5, 0.6) is 0 Å². The molecular weight excluding hydrogens is 198 g/mol. The van der Waals surface area contributed by atoms with Crippen LogP contribution in [0.3, 0.4) is 0 Å². The van der Waals surface area contributed by atoms with E-state index in [1.54, 1.807) is 11.6 Å². The molecule has 4 nitrogen and oxygen atoms in total. The van der Waals surface area contributed by atoms with Gasteiger partial charge < -0.3 is 0 Å². The normalized spacial score (nSPS) is 11.1. The standard InChI is InChI=1S/C9H5N3OS/c13-8-6-3-1-2-4-7(6)11-9-12(8)10-5-14-9/h1-5H. The van der Waals surface area contributed by atoms with Gasteiger partial charge in [0.05, 0.1) is 10.9 Å². The predicted octanol–water partition coefficient (Wildman–Crippen LogP) is 1.30. The number of rotatable bonds is 0. The summed E-state index contributed by atoms with van der Waals surface area (Å²) in [7, 11) is 0. The van der Waals surface area contributed by atoms with E-state index >= 15 is 0 Å². The van der Waals surface area contributed by atoms with Gasteiger partial charge in [-0.25, -0.2) is 4.98 Å². The average Bonchev–Trinajstić information content (AvgIpc) is 2.66. The fourth-order valence-electron chi connectivity index (χ4n) is 1.40. The molecule has 0 amide bonds.